The van der Waals surface area contributed by atoms with Crippen LogP contribution in [-0.4, -0.2) is 0 Å². The third-order valence-corrected chi connectivity index (χ3v) is 10.1. The normalized spacial score (nSPS) is 32.4. The molecule has 3 aliphatic carbocycles. The van der Waals surface area contributed by atoms with Crippen molar-refractivity contribution >= 4 is 0 Å². The molecule has 0 heterocycles. The van der Waals surface area contributed by atoms with Crippen molar-refractivity contribution in [2.75, 3.05) is 0 Å². The maximum Gasteiger partial charge on any atom is 0.131 e. The average molecular weight is 461 g/mol. The summed E-state index contributed by atoms with van der Waals surface area (Å²) in [6.45, 7) is 4.73. The fraction of sp³-hybridized carbons (Fsp3) is 0.636. The van der Waals surface area contributed by atoms with Gasteiger partial charge in [0.25, 0.3) is 0 Å². The van der Waals surface area contributed by atoms with Crippen molar-refractivity contribution in [3.8, 4) is 11.1 Å². The lowest BCUT2D eigenvalue weighted by atomic mass is 9.68. The molecule has 0 bridgehead atoms. The molecule has 0 N–H and O–H groups in total. The van der Waals surface area contributed by atoms with Crippen LogP contribution in [0.15, 0.2) is 42.5 Å². The van der Waals surface area contributed by atoms with Gasteiger partial charge >= 0.3 is 0 Å². The van der Waals surface area contributed by atoms with Crippen LogP contribution in [0.25, 0.3) is 11.1 Å². The Morgan fingerprint density at radius 2 is 1.18 bits per heavy atom. The summed E-state index contributed by atoms with van der Waals surface area (Å²) < 4.78 is 15.2. The Balaban J connectivity index is 1.18. The van der Waals surface area contributed by atoms with Crippen LogP contribution in [0.1, 0.15) is 120 Å². The third-order valence-electron chi connectivity index (χ3n) is 10.1. The topological polar surface area (TPSA) is 0 Å². The first-order valence-corrected chi connectivity index (χ1v) is 14.5. The smallest absolute Gasteiger partial charge is 0.131 e. The fourth-order valence-corrected chi connectivity index (χ4v) is 7.54. The largest absolute Gasteiger partial charge is 0.206 e. The van der Waals surface area contributed by atoms with Gasteiger partial charge in [0.2, 0.25) is 0 Å². The lowest BCUT2D eigenvalue weighted by molar-refractivity contribution is 0.158. The fourth-order valence-electron chi connectivity index (χ4n) is 7.54. The van der Waals surface area contributed by atoms with E-state index in [4.69, 9.17) is 0 Å². The number of halogens is 1. The summed E-state index contributed by atoms with van der Waals surface area (Å²) in [5.41, 5.74) is 4.44. The van der Waals surface area contributed by atoms with E-state index >= 15 is 4.39 Å². The van der Waals surface area contributed by atoms with E-state index in [1.807, 2.05) is 12.1 Å². The second kappa shape index (κ2) is 11.0. The molecule has 0 aromatic heterocycles. The summed E-state index contributed by atoms with van der Waals surface area (Å²) in [4.78, 5) is 0. The summed E-state index contributed by atoms with van der Waals surface area (Å²) in [5.74, 6) is 4.93. The van der Waals surface area contributed by atoms with Gasteiger partial charge in [-0.2, -0.15) is 0 Å². The average Bonchev–Trinajstić information content (AvgIpc) is 2.89. The highest BCUT2D eigenvalue weighted by Gasteiger charge is 2.31. The first kappa shape index (κ1) is 24.1. The SMILES string of the molecule is CCC1CCC(C2CCC(c3ccc(-c4ccc(C5CCC(C)CC5)cc4)c(F)c3)CC2)CC1. The van der Waals surface area contributed by atoms with Gasteiger partial charge < -0.3 is 0 Å². The predicted octanol–water partition coefficient (Wildman–Crippen LogP) is 10.3. The molecule has 0 nitrogen and oxygen atoms in total. The minimum atomic E-state index is -0.0447. The van der Waals surface area contributed by atoms with Crippen LogP contribution < -0.4 is 0 Å². The molecule has 0 spiro atoms. The minimum Gasteiger partial charge on any atom is -0.206 e. The van der Waals surface area contributed by atoms with Gasteiger partial charge in [0.05, 0.1) is 0 Å². The third kappa shape index (κ3) is 5.44. The Morgan fingerprint density at radius 1 is 0.647 bits per heavy atom. The van der Waals surface area contributed by atoms with E-state index < -0.39 is 0 Å². The van der Waals surface area contributed by atoms with E-state index in [1.165, 1.54) is 94.6 Å². The first-order chi connectivity index (χ1) is 16.6. The molecule has 0 amide bonds. The molecule has 0 unspecified atom stereocenters. The molecule has 3 saturated carbocycles. The molecule has 2 aromatic rings. The second-order valence-electron chi connectivity index (χ2n) is 12.1. The second-order valence-corrected chi connectivity index (χ2v) is 12.1. The van der Waals surface area contributed by atoms with E-state index in [0.717, 1.165) is 34.8 Å². The van der Waals surface area contributed by atoms with Crippen molar-refractivity contribution in [3.05, 3.63) is 59.4 Å². The van der Waals surface area contributed by atoms with Crippen molar-refractivity contribution in [1.82, 2.24) is 0 Å². The van der Waals surface area contributed by atoms with Gasteiger partial charge in [-0.25, -0.2) is 4.39 Å². The molecule has 0 aliphatic heterocycles. The van der Waals surface area contributed by atoms with Gasteiger partial charge in [-0.3, -0.25) is 0 Å². The molecule has 0 radical (unpaired) electrons. The Hall–Kier alpha value is -1.63. The van der Waals surface area contributed by atoms with Gasteiger partial charge in [-0.1, -0.05) is 82.3 Å². The zero-order valence-corrected chi connectivity index (χ0v) is 21.6. The van der Waals surface area contributed by atoms with E-state index in [-0.39, 0.29) is 5.82 Å². The molecule has 1 heteroatoms. The van der Waals surface area contributed by atoms with Gasteiger partial charge in [-0.15, -0.1) is 0 Å². The van der Waals surface area contributed by atoms with Crippen LogP contribution in [-0.2, 0) is 0 Å². The predicted molar refractivity (Wildman–Crippen MR) is 143 cm³/mol. The molecule has 3 fully saturated rings. The van der Waals surface area contributed by atoms with Gasteiger partial charge in [0, 0.05) is 5.56 Å². The van der Waals surface area contributed by atoms with Crippen molar-refractivity contribution in [3.63, 3.8) is 0 Å². The zero-order valence-electron chi connectivity index (χ0n) is 21.6. The number of rotatable bonds is 5. The van der Waals surface area contributed by atoms with Gasteiger partial charge in [0.15, 0.2) is 0 Å². The summed E-state index contributed by atoms with van der Waals surface area (Å²) in [5, 5.41) is 0. The summed E-state index contributed by atoms with van der Waals surface area (Å²) in [7, 11) is 0. The molecule has 34 heavy (non-hydrogen) atoms. The summed E-state index contributed by atoms with van der Waals surface area (Å²) in [6.07, 6.45) is 17.6. The lowest BCUT2D eigenvalue weighted by Crippen LogP contribution is -2.25. The molecule has 0 saturated heterocycles. The van der Waals surface area contributed by atoms with Crippen LogP contribution in [0.2, 0.25) is 0 Å². The van der Waals surface area contributed by atoms with Gasteiger partial charge in [0.1, 0.15) is 5.82 Å². The Bertz CT molecular complexity index is 904. The van der Waals surface area contributed by atoms with Crippen LogP contribution in [0.4, 0.5) is 4.39 Å². The highest BCUT2D eigenvalue weighted by atomic mass is 19.1. The van der Waals surface area contributed by atoms with E-state index in [9.17, 15) is 0 Å². The Morgan fingerprint density at radius 3 is 1.76 bits per heavy atom. The molecule has 0 atom stereocenters. The summed E-state index contributed by atoms with van der Waals surface area (Å²) in [6, 6.07) is 14.9. The van der Waals surface area contributed by atoms with Crippen molar-refractivity contribution in [2.24, 2.45) is 23.7 Å². The highest BCUT2D eigenvalue weighted by Crippen LogP contribution is 2.45. The molecule has 5 rings (SSSR count). The number of benzene rings is 2. The molecule has 3 aliphatic rings. The highest BCUT2D eigenvalue weighted by molar-refractivity contribution is 5.65. The molecule has 184 valence electrons. The standard InChI is InChI=1S/C33H45F/c1-3-24-6-10-26(11-7-24)27-12-14-29(15-13-27)31-20-21-32(33(34)22-31)30-18-16-28(17-19-30)25-8-4-23(2)5-9-25/h16-27,29H,3-15H2,1-2H3. The quantitative estimate of drug-likeness (QED) is 0.416. The molecular formula is C33H45F. The van der Waals surface area contributed by atoms with Crippen molar-refractivity contribution in [1.29, 1.82) is 0 Å². The maximum atomic E-state index is 15.2. The van der Waals surface area contributed by atoms with E-state index in [1.54, 1.807) is 0 Å². The first-order valence-electron chi connectivity index (χ1n) is 14.5. The molecular weight excluding hydrogens is 415 g/mol. The molecule has 2 aromatic carbocycles. The van der Waals surface area contributed by atoms with Crippen LogP contribution in [0.5, 0.6) is 0 Å². The van der Waals surface area contributed by atoms with Crippen LogP contribution in [0, 0.1) is 29.5 Å². The van der Waals surface area contributed by atoms with Crippen LogP contribution in [0.3, 0.4) is 0 Å². The van der Waals surface area contributed by atoms with Gasteiger partial charge in [-0.05, 0) is 110 Å². The Kier molecular flexibility index (Phi) is 7.77. The maximum absolute atomic E-state index is 15.2. The van der Waals surface area contributed by atoms with Crippen molar-refractivity contribution in [2.45, 2.75) is 109 Å². The Labute approximate surface area is 207 Å². The van der Waals surface area contributed by atoms with E-state index in [2.05, 4.69) is 44.2 Å². The van der Waals surface area contributed by atoms with E-state index in [0.29, 0.717) is 11.8 Å². The number of hydrogen-bond acceptors (Lipinski definition) is 0. The summed E-state index contributed by atoms with van der Waals surface area (Å²) >= 11 is 0. The monoisotopic (exact) mass is 460 g/mol. The minimum absolute atomic E-state index is 0.0447. The van der Waals surface area contributed by atoms with Crippen LogP contribution >= 0.6 is 0 Å². The van der Waals surface area contributed by atoms with Crippen molar-refractivity contribution < 1.29 is 4.39 Å². The zero-order chi connectivity index (χ0) is 23.5. The lowest BCUT2D eigenvalue weighted by Gasteiger charge is -2.38. The number of hydrogen-bond donors (Lipinski definition) is 0.